The molecule has 1 aromatic carbocycles. The summed E-state index contributed by atoms with van der Waals surface area (Å²) in [5.74, 6) is 0. The van der Waals surface area contributed by atoms with Crippen LogP contribution in [0.1, 0.15) is 45.2 Å². The van der Waals surface area contributed by atoms with E-state index in [0.717, 1.165) is 6.42 Å². The van der Waals surface area contributed by atoms with Gasteiger partial charge in [-0.2, -0.15) is 18.1 Å². The summed E-state index contributed by atoms with van der Waals surface area (Å²) < 4.78 is 0. The van der Waals surface area contributed by atoms with Gasteiger partial charge in [0, 0.05) is 0 Å². The van der Waals surface area contributed by atoms with E-state index in [0.29, 0.717) is 0 Å². The molecular formula is C17H23Cl2NTi-2. The van der Waals surface area contributed by atoms with Crippen molar-refractivity contribution in [3.63, 3.8) is 0 Å². The first-order chi connectivity index (χ1) is 8.42. The van der Waals surface area contributed by atoms with Gasteiger partial charge in [-0.25, -0.2) is 0 Å². The summed E-state index contributed by atoms with van der Waals surface area (Å²) in [5, 5.41) is 0. The molecule has 4 heteroatoms. The number of nitrogens with one attached hydrogen (secondary N) is 1. The van der Waals surface area contributed by atoms with Crippen molar-refractivity contribution < 1.29 is 46.5 Å². The number of benzene rings is 1. The zero-order valence-corrected chi connectivity index (χ0v) is 16.2. The summed E-state index contributed by atoms with van der Waals surface area (Å²) in [6.07, 6.45) is 9.76. The maximum absolute atomic E-state index is 6.94. The van der Waals surface area contributed by atoms with Crippen LogP contribution >= 0.6 is 0 Å². The van der Waals surface area contributed by atoms with Crippen molar-refractivity contribution in [1.82, 2.24) is 0 Å². The molecule has 0 fully saturated rings. The molecule has 1 aliphatic rings. The van der Waals surface area contributed by atoms with Gasteiger partial charge in [-0.15, -0.1) is 23.2 Å². The van der Waals surface area contributed by atoms with E-state index in [-0.39, 0.29) is 52.1 Å². The molecule has 0 atom stereocenters. The van der Waals surface area contributed by atoms with Gasteiger partial charge in [-0.05, 0) is 6.42 Å². The first kappa shape index (κ1) is 25.8. The van der Waals surface area contributed by atoms with E-state index in [4.69, 9.17) is 5.73 Å². The van der Waals surface area contributed by atoms with Crippen LogP contribution in [0.4, 0.5) is 0 Å². The average Bonchev–Trinajstić information content (AvgIpc) is 2.80. The van der Waals surface area contributed by atoms with Crippen LogP contribution in [0.3, 0.4) is 0 Å². The Balaban J connectivity index is -0.000000360. The summed E-state index contributed by atoms with van der Waals surface area (Å²) >= 11 is 0. The largest absolute Gasteiger partial charge is 2.00 e. The van der Waals surface area contributed by atoms with Gasteiger partial charge in [0.05, 0.1) is 0 Å². The van der Waals surface area contributed by atoms with Crippen LogP contribution in [-0.4, -0.2) is 5.54 Å². The van der Waals surface area contributed by atoms with Crippen molar-refractivity contribution in [1.29, 1.82) is 0 Å². The van der Waals surface area contributed by atoms with Crippen molar-refractivity contribution in [3.8, 4) is 0 Å². The summed E-state index contributed by atoms with van der Waals surface area (Å²) in [5.41, 5.74) is 10.8. The Labute approximate surface area is 157 Å². The Hall–Kier alpha value is -0.176. The first-order valence-corrected chi connectivity index (χ1v) is 6.41. The fourth-order valence-electron chi connectivity index (χ4n) is 1.69. The molecule has 116 valence electrons. The van der Waals surface area contributed by atoms with Gasteiger partial charge in [0.1, 0.15) is 0 Å². The third-order valence-corrected chi connectivity index (χ3v) is 2.39. The second kappa shape index (κ2) is 12.4. The Morgan fingerprint density at radius 1 is 1.10 bits per heavy atom. The molecule has 2 rings (SSSR count). The fourth-order valence-corrected chi connectivity index (χ4v) is 1.69. The summed E-state index contributed by atoms with van der Waals surface area (Å²) in [6.45, 7) is 7.65. The molecule has 0 heterocycles. The molecule has 0 bridgehead atoms. The van der Waals surface area contributed by atoms with E-state index in [9.17, 15) is 0 Å². The van der Waals surface area contributed by atoms with Gasteiger partial charge in [0.2, 0.25) is 0 Å². The summed E-state index contributed by atoms with van der Waals surface area (Å²) in [4.78, 5) is 0. The smallest absolute Gasteiger partial charge is 1.00 e. The van der Waals surface area contributed by atoms with Crippen LogP contribution < -0.4 is 24.8 Å². The van der Waals surface area contributed by atoms with Crippen molar-refractivity contribution in [2.45, 2.75) is 39.7 Å². The van der Waals surface area contributed by atoms with Crippen LogP contribution in [-0.2, 0) is 21.7 Å². The van der Waals surface area contributed by atoms with Crippen molar-refractivity contribution in [2.24, 2.45) is 0 Å². The molecule has 1 aromatic rings. The summed E-state index contributed by atoms with van der Waals surface area (Å²) in [7, 11) is 0. The van der Waals surface area contributed by atoms with E-state index in [2.05, 4.69) is 55.8 Å². The number of allylic oxidation sites excluding steroid dienone is 4. The third kappa shape index (κ3) is 11.1. The van der Waals surface area contributed by atoms with Gasteiger partial charge >= 0.3 is 21.7 Å². The van der Waals surface area contributed by atoms with Crippen LogP contribution in [0.5, 0.6) is 0 Å². The monoisotopic (exact) mass is 359 g/mol. The first-order valence-electron chi connectivity index (χ1n) is 6.41. The minimum absolute atomic E-state index is 0. The number of rotatable bonds is 2. The van der Waals surface area contributed by atoms with Gasteiger partial charge < -0.3 is 30.5 Å². The predicted octanol–water partition coefficient (Wildman–Crippen LogP) is -0.555. The van der Waals surface area contributed by atoms with Crippen molar-refractivity contribution in [3.05, 3.63) is 65.8 Å². The topological polar surface area (TPSA) is 23.8 Å². The molecule has 0 amide bonds. The molecule has 0 aliphatic heterocycles. The maximum atomic E-state index is 6.94. The van der Waals surface area contributed by atoms with Crippen LogP contribution in [0.2, 0.25) is 0 Å². The van der Waals surface area contributed by atoms with E-state index < -0.39 is 0 Å². The van der Waals surface area contributed by atoms with Gasteiger partial charge in [-0.1, -0.05) is 57.6 Å². The minimum atomic E-state index is -0.250. The maximum Gasteiger partial charge on any atom is 2.00 e. The SMILES string of the molecule is CC(C)(C)[NH-].C[CH-]c1ccccc1C1=CC=CC1.[Cl-].[Cl-].[Ti+2]. The van der Waals surface area contributed by atoms with Gasteiger partial charge in [0.25, 0.3) is 0 Å². The third-order valence-electron chi connectivity index (χ3n) is 2.39. The second-order valence-electron chi connectivity index (χ2n) is 5.45. The standard InChI is InChI=1S/C13H13.C4H10N.2ClH.Ti/c1-2-11-7-5-6-10-13(11)12-8-3-4-9-12;1-4(2,3)5;;;/h2-8,10H,9H2,1H3;5H,1-3H3;2*1H;/q2*-1;;;+2/p-2. The zero-order chi connectivity index (χ0) is 13.6. The van der Waals surface area contributed by atoms with Crippen LogP contribution in [0, 0.1) is 6.42 Å². The molecule has 0 unspecified atom stereocenters. The molecule has 0 saturated heterocycles. The number of hydrogen-bond acceptors (Lipinski definition) is 0. The Kier molecular flexibility index (Phi) is 15.2. The van der Waals surface area contributed by atoms with E-state index in [1.54, 1.807) is 0 Å². The predicted molar refractivity (Wildman–Crippen MR) is 81.3 cm³/mol. The molecule has 0 aromatic heterocycles. The molecule has 1 nitrogen and oxygen atoms in total. The molecule has 0 spiro atoms. The molecule has 0 saturated carbocycles. The Morgan fingerprint density at radius 3 is 2.05 bits per heavy atom. The van der Waals surface area contributed by atoms with Crippen LogP contribution in [0.15, 0.2) is 42.5 Å². The molecule has 21 heavy (non-hydrogen) atoms. The number of hydrogen-bond donors (Lipinski definition) is 0. The summed E-state index contributed by atoms with van der Waals surface area (Å²) in [6, 6.07) is 8.53. The van der Waals surface area contributed by atoms with E-state index >= 15 is 0 Å². The average molecular weight is 360 g/mol. The minimum Gasteiger partial charge on any atom is -1.00 e. The van der Waals surface area contributed by atoms with Crippen molar-refractivity contribution in [2.75, 3.05) is 0 Å². The number of halogens is 2. The second-order valence-corrected chi connectivity index (χ2v) is 5.45. The van der Waals surface area contributed by atoms with Crippen LogP contribution in [0.25, 0.3) is 11.3 Å². The van der Waals surface area contributed by atoms with E-state index in [1.807, 2.05) is 20.8 Å². The fraction of sp³-hybridized carbons (Fsp3) is 0.353. The molecule has 1 N–H and O–H groups in total. The Morgan fingerprint density at radius 2 is 1.62 bits per heavy atom. The molecule has 1 aliphatic carbocycles. The molecular weight excluding hydrogens is 337 g/mol. The Bertz CT molecular complexity index is 442. The van der Waals surface area contributed by atoms with Gasteiger partial charge in [-0.3, -0.25) is 0 Å². The normalized spacial score (nSPS) is 11.8. The van der Waals surface area contributed by atoms with Gasteiger partial charge in [0.15, 0.2) is 0 Å². The quantitative estimate of drug-likeness (QED) is 0.499. The van der Waals surface area contributed by atoms with E-state index in [1.165, 1.54) is 16.7 Å². The van der Waals surface area contributed by atoms with Crippen molar-refractivity contribution >= 4 is 5.57 Å². The molecule has 0 radical (unpaired) electrons. The zero-order valence-electron chi connectivity index (χ0n) is 13.1.